The van der Waals surface area contributed by atoms with Gasteiger partial charge in [-0.1, -0.05) is 0 Å². The molecule has 0 fully saturated rings. The molecule has 2 aromatic rings. The lowest BCUT2D eigenvalue weighted by molar-refractivity contribution is 0.311. The van der Waals surface area contributed by atoms with E-state index in [1.54, 1.807) is 19.5 Å². The number of pyridine rings is 1. The van der Waals surface area contributed by atoms with Gasteiger partial charge in [0.25, 0.3) is 0 Å². The van der Waals surface area contributed by atoms with E-state index in [9.17, 15) is 0 Å². The number of hydrogen-bond donors (Lipinski definition) is 2. The minimum absolute atomic E-state index is 0. The molecule has 27 heavy (non-hydrogen) atoms. The molecule has 0 saturated carbocycles. The minimum atomic E-state index is 0. The molecular weight excluding hydrogens is 459 g/mol. The average molecular weight is 486 g/mol. The number of guanidine groups is 1. The van der Waals surface area contributed by atoms with Crippen LogP contribution in [0.4, 0.5) is 5.69 Å². The second-order valence-corrected chi connectivity index (χ2v) is 5.22. The van der Waals surface area contributed by atoms with Crippen LogP contribution in [0.2, 0.25) is 0 Å². The summed E-state index contributed by atoms with van der Waals surface area (Å²) < 4.78 is 16.5. The smallest absolute Gasteiger partial charge is 0.195 e. The van der Waals surface area contributed by atoms with Crippen molar-refractivity contribution in [3.8, 4) is 17.2 Å². The first-order valence-electron chi connectivity index (χ1n) is 8.65. The number of nitrogens with one attached hydrogen (secondary N) is 2. The van der Waals surface area contributed by atoms with E-state index in [1.165, 1.54) is 0 Å². The highest BCUT2D eigenvalue weighted by Gasteiger charge is 2.07. The van der Waals surface area contributed by atoms with Crippen LogP contribution >= 0.6 is 24.0 Å². The first-order valence-corrected chi connectivity index (χ1v) is 8.65. The number of aliphatic imine (C=N–C) groups is 1. The van der Waals surface area contributed by atoms with Crippen molar-refractivity contribution in [3.63, 3.8) is 0 Å². The highest BCUT2D eigenvalue weighted by molar-refractivity contribution is 14.0. The molecule has 0 spiro atoms. The van der Waals surface area contributed by atoms with Crippen LogP contribution in [0.1, 0.15) is 13.8 Å². The number of ether oxygens (including phenoxy) is 3. The topological polar surface area (TPSA) is 77.0 Å². The van der Waals surface area contributed by atoms with Crippen molar-refractivity contribution >= 4 is 35.6 Å². The molecule has 0 atom stereocenters. The molecular formula is C19H27IN4O3. The molecule has 1 aromatic heterocycles. The molecule has 148 valence electrons. The second kappa shape index (κ2) is 13.0. The molecule has 0 saturated heterocycles. The van der Waals surface area contributed by atoms with Gasteiger partial charge in [0.05, 0.1) is 26.5 Å². The zero-order valence-corrected chi connectivity index (χ0v) is 18.2. The van der Waals surface area contributed by atoms with Gasteiger partial charge < -0.3 is 24.8 Å². The van der Waals surface area contributed by atoms with Crippen molar-refractivity contribution in [1.29, 1.82) is 0 Å². The SMILES string of the molecule is CCNC(=NCCOc1cccnc1)Nc1ccc(OC)c(OCC)c1.I. The number of anilines is 1. The van der Waals surface area contributed by atoms with Gasteiger partial charge in [-0.05, 0) is 38.1 Å². The van der Waals surface area contributed by atoms with Gasteiger partial charge >= 0.3 is 0 Å². The maximum Gasteiger partial charge on any atom is 0.195 e. The Balaban J connectivity index is 0.00000364. The van der Waals surface area contributed by atoms with E-state index in [-0.39, 0.29) is 24.0 Å². The van der Waals surface area contributed by atoms with Crippen LogP contribution in [0.5, 0.6) is 17.2 Å². The Hall–Kier alpha value is -2.23. The lowest BCUT2D eigenvalue weighted by Crippen LogP contribution is -2.31. The van der Waals surface area contributed by atoms with Crippen molar-refractivity contribution in [2.45, 2.75) is 13.8 Å². The third-order valence-corrected chi connectivity index (χ3v) is 3.33. The van der Waals surface area contributed by atoms with Crippen molar-refractivity contribution in [1.82, 2.24) is 10.3 Å². The summed E-state index contributed by atoms with van der Waals surface area (Å²) in [5.41, 5.74) is 0.863. The van der Waals surface area contributed by atoms with Crippen molar-refractivity contribution in [2.75, 3.05) is 38.7 Å². The van der Waals surface area contributed by atoms with E-state index in [0.29, 0.717) is 37.2 Å². The normalized spacial score (nSPS) is 10.6. The molecule has 0 radical (unpaired) electrons. The summed E-state index contributed by atoms with van der Waals surface area (Å²) in [4.78, 5) is 8.53. The van der Waals surface area contributed by atoms with E-state index in [0.717, 1.165) is 18.0 Å². The monoisotopic (exact) mass is 486 g/mol. The molecule has 8 heteroatoms. The molecule has 0 aliphatic rings. The van der Waals surface area contributed by atoms with Crippen molar-refractivity contribution in [2.24, 2.45) is 4.99 Å². The average Bonchev–Trinajstić information content (AvgIpc) is 2.67. The van der Waals surface area contributed by atoms with Crippen LogP contribution in [0, 0.1) is 0 Å². The number of methoxy groups -OCH3 is 1. The zero-order chi connectivity index (χ0) is 18.6. The Morgan fingerprint density at radius 3 is 2.67 bits per heavy atom. The predicted octanol–water partition coefficient (Wildman–Crippen LogP) is 3.56. The zero-order valence-electron chi connectivity index (χ0n) is 15.9. The first-order chi connectivity index (χ1) is 12.8. The van der Waals surface area contributed by atoms with Gasteiger partial charge in [-0.3, -0.25) is 4.98 Å². The maximum absolute atomic E-state index is 5.61. The molecule has 7 nitrogen and oxygen atoms in total. The molecule has 0 aliphatic carbocycles. The third kappa shape index (κ3) is 7.90. The Labute approximate surface area is 177 Å². The molecule has 0 aliphatic heterocycles. The Bertz CT molecular complexity index is 699. The van der Waals surface area contributed by atoms with E-state index in [4.69, 9.17) is 14.2 Å². The molecule has 0 amide bonds. The number of halogens is 1. The third-order valence-electron chi connectivity index (χ3n) is 3.33. The van der Waals surface area contributed by atoms with Crippen LogP contribution in [-0.4, -0.2) is 44.4 Å². The van der Waals surface area contributed by atoms with Gasteiger partial charge in [-0.2, -0.15) is 0 Å². The summed E-state index contributed by atoms with van der Waals surface area (Å²) in [6.07, 6.45) is 3.39. The van der Waals surface area contributed by atoms with E-state index in [1.807, 2.05) is 44.2 Å². The summed E-state index contributed by atoms with van der Waals surface area (Å²) >= 11 is 0. The molecule has 1 heterocycles. The minimum Gasteiger partial charge on any atom is -0.493 e. The Morgan fingerprint density at radius 2 is 2.00 bits per heavy atom. The molecule has 2 rings (SSSR count). The fourth-order valence-corrected chi connectivity index (χ4v) is 2.22. The highest BCUT2D eigenvalue weighted by Crippen LogP contribution is 2.30. The summed E-state index contributed by atoms with van der Waals surface area (Å²) in [5.74, 6) is 2.80. The number of benzene rings is 1. The van der Waals surface area contributed by atoms with Gasteiger partial charge in [0.15, 0.2) is 17.5 Å². The standard InChI is InChI=1S/C19H26N4O3.HI/c1-4-21-19(22-11-12-26-16-7-6-10-20-14-16)23-15-8-9-17(24-3)18(13-15)25-5-2;/h6-10,13-14H,4-5,11-12H2,1-3H3,(H2,21,22,23);1H. The predicted molar refractivity (Wildman–Crippen MR) is 119 cm³/mol. The highest BCUT2D eigenvalue weighted by atomic mass is 127. The van der Waals surface area contributed by atoms with Crippen LogP contribution in [-0.2, 0) is 0 Å². The van der Waals surface area contributed by atoms with Gasteiger partial charge in [-0.25, -0.2) is 4.99 Å². The van der Waals surface area contributed by atoms with Crippen molar-refractivity contribution < 1.29 is 14.2 Å². The Morgan fingerprint density at radius 1 is 1.15 bits per heavy atom. The van der Waals surface area contributed by atoms with E-state index in [2.05, 4.69) is 20.6 Å². The first kappa shape index (κ1) is 22.8. The van der Waals surface area contributed by atoms with Gasteiger partial charge in [0, 0.05) is 24.5 Å². The van der Waals surface area contributed by atoms with Gasteiger partial charge in [0.1, 0.15) is 12.4 Å². The molecule has 0 unspecified atom stereocenters. The van der Waals surface area contributed by atoms with Crippen LogP contribution in [0.15, 0.2) is 47.7 Å². The van der Waals surface area contributed by atoms with Gasteiger partial charge in [0.2, 0.25) is 0 Å². The number of rotatable bonds is 9. The largest absolute Gasteiger partial charge is 0.493 e. The molecule has 0 bridgehead atoms. The van der Waals surface area contributed by atoms with Crippen LogP contribution < -0.4 is 24.8 Å². The van der Waals surface area contributed by atoms with E-state index >= 15 is 0 Å². The lowest BCUT2D eigenvalue weighted by atomic mass is 10.2. The summed E-state index contributed by atoms with van der Waals surface area (Å²) in [5, 5.41) is 6.47. The maximum atomic E-state index is 5.61. The second-order valence-electron chi connectivity index (χ2n) is 5.22. The molecule has 2 N–H and O–H groups in total. The number of nitrogens with zero attached hydrogens (tertiary/aromatic N) is 2. The fraction of sp³-hybridized carbons (Fsp3) is 0.368. The number of hydrogen-bond acceptors (Lipinski definition) is 5. The fourth-order valence-electron chi connectivity index (χ4n) is 2.22. The number of aromatic nitrogens is 1. The Kier molecular flexibility index (Phi) is 11.0. The lowest BCUT2D eigenvalue weighted by Gasteiger charge is -2.14. The van der Waals surface area contributed by atoms with Gasteiger partial charge in [-0.15, -0.1) is 24.0 Å². The summed E-state index contributed by atoms with van der Waals surface area (Å²) in [6, 6.07) is 9.38. The van der Waals surface area contributed by atoms with E-state index < -0.39 is 0 Å². The van der Waals surface area contributed by atoms with Crippen LogP contribution in [0.3, 0.4) is 0 Å². The van der Waals surface area contributed by atoms with Crippen LogP contribution in [0.25, 0.3) is 0 Å². The quantitative estimate of drug-likeness (QED) is 0.244. The summed E-state index contributed by atoms with van der Waals surface area (Å²) in [6.45, 7) is 6.26. The van der Waals surface area contributed by atoms with Crippen molar-refractivity contribution in [3.05, 3.63) is 42.7 Å². The summed E-state index contributed by atoms with van der Waals surface area (Å²) in [7, 11) is 1.62. The molecule has 1 aromatic carbocycles.